The number of nitrogens with zero attached hydrogens (tertiary/aromatic N) is 3. The van der Waals surface area contributed by atoms with Crippen LogP contribution in [0.15, 0.2) is 6.07 Å². The highest BCUT2D eigenvalue weighted by Crippen LogP contribution is 2.24. The fourth-order valence-electron chi connectivity index (χ4n) is 2.86. The Bertz CT molecular complexity index is 871. The van der Waals surface area contributed by atoms with Crippen molar-refractivity contribution in [3.05, 3.63) is 26.5 Å². The van der Waals surface area contributed by atoms with Gasteiger partial charge in [0.15, 0.2) is 0 Å². The number of aromatic nitrogens is 1. The van der Waals surface area contributed by atoms with Crippen LogP contribution in [-0.4, -0.2) is 10.2 Å². The highest BCUT2D eigenvalue weighted by molar-refractivity contribution is 8.06. The van der Waals surface area contributed by atoms with Gasteiger partial charge in [0.2, 0.25) is 0 Å². The number of fused-ring (bicyclic) bond motifs is 3. The molecule has 3 nitrogen and oxygen atoms in total. The first-order valence-electron chi connectivity index (χ1n) is 7.08. The summed E-state index contributed by atoms with van der Waals surface area (Å²) in [7, 11) is 0. The lowest BCUT2D eigenvalue weighted by atomic mass is 9.98. The highest BCUT2D eigenvalue weighted by atomic mass is 32.2. The van der Waals surface area contributed by atoms with E-state index in [-0.39, 0.29) is 5.57 Å². The summed E-state index contributed by atoms with van der Waals surface area (Å²) in [5, 5.41) is 20.6. The molecular weight excluding hydrogens is 298 g/mol. The summed E-state index contributed by atoms with van der Waals surface area (Å²) in [6.45, 7) is 2.13. The van der Waals surface area contributed by atoms with Crippen molar-refractivity contribution in [1.82, 2.24) is 4.40 Å². The van der Waals surface area contributed by atoms with Crippen molar-refractivity contribution >= 4 is 39.6 Å². The predicted molar refractivity (Wildman–Crippen MR) is 88.4 cm³/mol. The smallest absolute Gasteiger partial charge is 0.149 e. The van der Waals surface area contributed by atoms with Gasteiger partial charge in [-0.05, 0) is 43.1 Å². The van der Waals surface area contributed by atoms with E-state index in [2.05, 4.69) is 22.8 Å². The number of hydrogen-bond acceptors (Lipinski definition) is 4. The minimum absolute atomic E-state index is 0.223. The molecule has 0 N–H and O–H groups in total. The topological polar surface area (TPSA) is 52.0 Å². The second-order valence-corrected chi connectivity index (χ2v) is 7.16. The van der Waals surface area contributed by atoms with Crippen LogP contribution in [0.1, 0.15) is 31.0 Å². The third-order valence-electron chi connectivity index (χ3n) is 3.76. The molecular formula is C16H15N3S2. The summed E-state index contributed by atoms with van der Waals surface area (Å²) in [5.41, 5.74) is 4.02. The Hall–Kier alpha value is -1.69. The molecule has 0 aromatic carbocycles. The van der Waals surface area contributed by atoms with Crippen molar-refractivity contribution in [2.75, 3.05) is 5.75 Å². The molecule has 0 saturated heterocycles. The van der Waals surface area contributed by atoms with E-state index in [4.69, 9.17) is 0 Å². The van der Waals surface area contributed by atoms with E-state index in [0.717, 1.165) is 33.3 Å². The molecule has 1 aliphatic carbocycles. The minimum atomic E-state index is 0.223. The van der Waals surface area contributed by atoms with Gasteiger partial charge in [0.05, 0.1) is 10.0 Å². The van der Waals surface area contributed by atoms with Crippen LogP contribution in [0.25, 0.3) is 16.5 Å². The monoisotopic (exact) mass is 313 g/mol. The Labute approximate surface area is 131 Å². The number of rotatable bonds is 2. The van der Waals surface area contributed by atoms with Gasteiger partial charge in [-0.1, -0.05) is 6.92 Å². The lowest BCUT2D eigenvalue weighted by molar-refractivity contribution is 0.668. The van der Waals surface area contributed by atoms with E-state index in [1.807, 2.05) is 12.1 Å². The molecule has 0 amide bonds. The summed E-state index contributed by atoms with van der Waals surface area (Å²) in [5.74, 6) is 1.02. The standard InChI is InChI=1S/C16H15N3S2/c1-2-20-10-15-19-13-6-4-3-5-11(13)7-14(19)16(21-15)12(8-17)9-18/h7,10H,2-6H2,1H3/b15-10-. The molecule has 1 aliphatic rings. The van der Waals surface area contributed by atoms with Crippen LogP contribution in [0.2, 0.25) is 0 Å². The fourth-order valence-corrected chi connectivity index (χ4v) is 4.63. The Kier molecular flexibility index (Phi) is 4.05. The van der Waals surface area contributed by atoms with E-state index in [9.17, 15) is 10.5 Å². The van der Waals surface area contributed by atoms with E-state index < -0.39 is 0 Å². The Morgan fingerprint density at radius 1 is 1.38 bits per heavy atom. The summed E-state index contributed by atoms with van der Waals surface area (Å²) in [6.07, 6.45) is 4.65. The van der Waals surface area contributed by atoms with E-state index >= 15 is 0 Å². The zero-order valence-corrected chi connectivity index (χ0v) is 13.5. The molecule has 0 radical (unpaired) electrons. The lowest BCUT2D eigenvalue weighted by Gasteiger charge is -2.11. The van der Waals surface area contributed by atoms with Gasteiger partial charge >= 0.3 is 0 Å². The molecule has 0 atom stereocenters. The van der Waals surface area contributed by atoms with Gasteiger partial charge in [0.1, 0.15) is 22.4 Å². The van der Waals surface area contributed by atoms with Crippen molar-refractivity contribution in [3.63, 3.8) is 0 Å². The molecule has 0 bridgehead atoms. The zero-order valence-electron chi connectivity index (χ0n) is 11.8. The average molecular weight is 313 g/mol. The molecule has 0 saturated carbocycles. The maximum Gasteiger partial charge on any atom is 0.149 e. The van der Waals surface area contributed by atoms with Gasteiger partial charge in [0.25, 0.3) is 0 Å². The Balaban J connectivity index is 2.43. The summed E-state index contributed by atoms with van der Waals surface area (Å²) in [4.78, 5) is 0. The van der Waals surface area contributed by atoms with Gasteiger partial charge in [-0.15, -0.1) is 23.1 Å². The van der Waals surface area contributed by atoms with Crippen LogP contribution < -0.4 is 9.20 Å². The van der Waals surface area contributed by atoms with Crippen LogP contribution in [0, 0.1) is 22.7 Å². The van der Waals surface area contributed by atoms with Crippen molar-refractivity contribution in [2.24, 2.45) is 0 Å². The van der Waals surface area contributed by atoms with Crippen LogP contribution in [0.3, 0.4) is 0 Å². The summed E-state index contributed by atoms with van der Waals surface area (Å²) < 4.78 is 4.22. The van der Waals surface area contributed by atoms with Crippen molar-refractivity contribution in [2.45, 2.75) is 32.6 Å². The largest absolute Gasteiger partial charge is 0.303 e. The van der Waals surface area contributed by atoms with Crippen LogP contribution in [0.5, 0.6) is 0 Å². The van der Waals surface area contributed by atoms with Crippen molar-refractivity contribution in [3.8, 4) is 12.1 Å². The minimum Gasteiger partial charge on any atom is -0.303 e. The zero-order chi connectivity index (χ0) is 14.8. The van der Waals surface area contributed by atoms with E-state index in [1.165, 1.54) is 24.1 Å². The first kappa shape index (κ1) is 14.3. The van der Waals surface area contributed by atoms with Crippen molar-refractivity contribution in [1.29, 1.82) is 10.5 Å². The predicted octanol–water partition coefficient (Wildman–Crippen LogP) is 2.57. The molecule has 5 heteroatoms. The van der Waals surface area contributed by atoms with Crippen LogP contribution >= 0.6 is 23.1 Å². The molecule has 0 spiro atoms. The molecule has 0 aliphatic heterocycles. The third kappa shape index (κ3) is 2.37. The van der Waals surface area contributed by atoms with Gasteiger partial charge < -0.3 is 4.40 Å². The maximum atomic E-state index is 9.20. The quantitative estimate of drug-likeness (QED) is 0.856. The molecule has 3 rings (SSSR count). The molecule has 2 aromatic heterocycles. The first-order chi connectivity index (χ1) is 10.3. The first-order valence-corrected chi connectivity index (χ1v) is 8.95. The Morgan fingerprint density at radius 2 is 2.14 bits per heavy atom. The summed E-state index contributed by atoms with van der Waals surface area (Å²) >= 11 is 3.31. The number of nitriles is 2. The number of thiazole rings is 1. The SMILES string of the molecule is CCS/C=c1\sc(=C(C#N)C#N)c2cc3c(n12)CCCC3. The van der Waals surface area contributed by atoms with Crippen LogP contribution in [0.4, 0.5) is 0 Å². The number of aryl methyl sites for hydroxylation is 2. The second-order valence-electron chi connectivity index (χ2n) is 4.99. The van der Waals surface area contributed by atoms with Gasteiger partial charge in [-0.3, -0.25) is 0 Å². The fraction of sp³-hybridized carbons (Fsp3) is 0.375. The van der Waals surface area contributed by atoms with Crippen molar-refractivity contribution < 1.29 is 0 Å². The second kappa shape index (κ2) is 5.97. The average Bonchev–Trinajstić information content (AvgIpc) is 3.05. The molecule has 0 fully saturated rings. The Morgan fingerprint density at radius 3 is 2.86 bits per heavy atom. The highest BCUT2D eigenvalue weighted by Gasteiger charge is 2.18. The summed E-state index contributed by atoms with van der Waals surface area (Å²) in [6, 6.07) is 6.27. The van der Waals surface area contributed by atoms with E-state index in [0.29, 0.717) is 0 Å². The molecule has 2 heterocycles. The van der Waals surface area contributed by atoms with Gasteiger partial charge in [-0.25, -0.2) is 0 Å². The van der Waals surface area contributed by atoms with Gasteiger partial charge in [0, 0.05) is 11.1 Å². The molecule has 21 heavy (non-hydrogen) atoms. The van der Waals surface area contributed by atoms with Crippen LogP contribution in [-0.2, 0) is 12.8 Å². The molecule has 2 aromatic rings. The molecule has 106 valence electrons. The number of thioether (sulfide) groups is 1. The maximum absolute atomic E-state index is 9.20. The van der Waals surface area contributed by atoms with E-state index in [1.54, 1.807) is 23.1 Å². The molecule has 0 unspecified atom stereocenters. The number of hydrogen-bond donors (Lipinski definition) is 0. The van der Waals surface area contributed by atoms with Gasteiger partial charge in [-0.2, -0.15) is 10.5 Å². The normalized spacial score (nSPS) is 14.7. The lowest BCUT2D eigenvalue weighted by Crippen LogP contribution is -2.11. The third-order valence-corrected chi connectivity index (χ3v) is 5.76.